The van der Waals surface area contributed by atoms with Gasteiger partial charge in [0.2, 0.25) is 6.08 Å². The average molecular weight is 1960 g/mol. The minimum atomic E-state index is 0. The topological polar surface area (TPSA) is 172 Å². The number of aromatic nitrogens is 13. The quantitative estimate of drug-likeness (QED) is 0.0802. The van der Waals surface area contributed by atoms with Crippen LogP contribution in [0, 0.1) is 57.9 Å². The molecule has 0 saturated heterocycles. The zero-order valence-electron chi connectivity index (χ0n) is 41.8. The summed E-state index contributed by atoms with van der Waals surface area (Å²) in [4.78, 5) is 38.1. The fraction of sp³-hybridized carbons (Fsp3) is 0.0926. The predicted molar refractivity (Wildman–Crippen MR) is 282 cm³/mol. The van der Waals surface area contributed by atoms with Crippen molar-refractivity contribution < 1.29 is 105 Å². The van der Waals surface area contributed by atoms with E-state index >= 15 is 0 Å². The molecule has 0 spiro atoms. The Kier molecular flexibility index (Phi) is 28.9. The van der Waals surface area contributed by atoms with E-state index in [1.54, 1.807) is 77.7 Å². The van der Waals surface area contributed by atoms with Crippen LogP contribution in [0.3, 0.4) is 0 Å². The smallest absolute Gasteiger partial charge is 0.240 e. The van der Waals surface area contributed by atoms with E-state index in [-0.39, 0.29) is 101 Å². The number of benzene rings is 3. The van der Waals surface area contributed by atoms with Crippen LogP contribution in [-0.4, -0.2) is 69.1 Å². The van der Waals surface area contributed by atoms with Crippen LogP contribution in [0.25, 0.3) is 45.7 Å². The van der Waals surface area contributed by atoms with E-state index in [0.29, 0.717) is 11.5 Å². The number of hydrogen-bond donors (Lipinski definition) is 0. The Hall–Kier alpha value is -6.04. The number of carbonyl (C=O) groups excluding carboxylic acids is 1. The molecule has 5 radical (unpaired) electrons. The molecule has 12 rings (SSSR count). The predicted octanol–water partition coefficient (Wildman–Crippen LogP) is 10.2. The van der Waals surface area contributed by atoms with Gasteiger partial charge in [0, 0.05) is 163 Å². The van der Waals surface area contributed by atoms with Gasteiger partial charge in [-0.05, 0) is 80.4 Å². The Balaban J connectivity index is 0.000000258. The SMILES string of the molecule is Cc1cc(C)c(-n2ccnc2-c2[c-]cccc2)c(C)c1.Cn1ccnc1-c1[c-]ccnc1.Cn1cnnc1-c1[c-]nsc1.O=C=Nc1ccc(N2C=CN(c3[c-]csc3)[CH-]2)cc1.[Ir].[Ir].[Ir].[Ir].[Ir].[c-]1cncnc1-n1cccn1. The molecule has 11 aromatic rings. The molecule has 0 fully saturated rings. The van der Waals surface area contributed by atoms with Crippen molar-refractivity contribution in [3.05, 3.63) is 224 Å². The van der Waals surface area contributed by atoms with E-state index in [1.807, 2.05) is 129 Å². The first kappa shape index (κ1) is 66.2. The van der Waals surface area contributed by atoms with Gasteiger partial charge >= 0.3 is 0 Å². The van der Waals surface area contributed by atoms with Crippen molar-refractivity contribution in [2.75, 3.05) is 9.80 Å². The number of isocyanates is 1. The van der Waals surface area contributed by atoms with Gasteiger partial charge in [0.25, 0.3) is 0 Å². The second-order valence-corrected chi connectivity index (χ2v) is 16.9. The molecular weight excluding hydrogens is 1910 g/mol. The molecular formula is C54H44Ir5N16OS2-6. The molecule has 0 unspecified atom stereocenters. The summed E-state index contributed by atoms with van der Waals surface area (Å²) in [5.74, 6) is 3.28. The fourth-order valence-corrected chi connectivity index (χ4v) is 8.23. The number of nitrogens with zero attached hydrogens (tertiary/aromatic N) is 16. The second-order valence-electron chi connectivity index (χ2n) is 15.6. The minimum absolute atomic E-state index is 0. The average Bonchev–Trinajstić information content (AvgIpc) is 4.28. The maximum atomic E-state index is 10.2. The van der Waals surface area contributed by atoms with Gasteiger partial charge in [-0.15, -0.1) is 88.7 Å². The maximum Gasteiger partial charge on any atom is 0.240 e. The van der Waals surface area contributed by atoms with Crippen LogP contribution in [0.15, 0.2) is 175 Å². The maximum absolute atomic E-state index is 10.2. The summed E-state index contributed by atoms with van der Waals surface area (Å²) in [5, 5.41) is 17.5. The van der Waals surface area contributed by atoms with Gasteiger partial charge in [0.05, 0.1) is 23.2 Å². The number of rotatable bonds is 8. The molecule has 1 aliphatic rings. The molecule has 0 N–H and O–H groups in total. The number of imidazole rings is 2. The Bertz CT molecular complexity index is 3440. The Morgan fingerprint density at radius 2 is 1.45 bits per heavy atom. The second kappa shape index (κ2) is 34.1. The molecule has 8 aromatic heterocycles. The monoisotopic (exact) mass is 1960 g/mol. The number of pyridine rings is 1. The first-order valence-corrected chi connectivity index (χ1v) is 24.0. The third-order valence-corrected chi connectivity index (χ3v) is 11.6. The van der Waals surface area contributed by atoms with Crippen molar-refractivity contribution in [1.29, 1.82) is 0 Å². The molecule has 3 aromatic carbocycles. The zero-order valence-corrected chi connectivity index (χ0v) is 55.4. The van der Waals surface area contributed by atoms with E-state index in [9.17, 15) is 4.79 Å². The van der Waals surface area contributed by atoms with Crippen LogP contribution in [0.5, 0.6) is 0 Å². The largest absolute Gasteiger partial charge is 0.509 e. The molecule has 0 amide bonds. The van der Waals surface area contributed by atoms with E-state index in [0.717, 1.165) is 45.5 Å². The first-order valence-electron chi connectivity index (χ1n) is 22.2. The molecule has 0 bridgehead atoms. The summed E-state index contributed by atoms with van der Waals surface area (Å²) in [5.41, 5.74) is 10.5. The van der Waals surface area contributed by atoms with Gasteiger partial charge < -0.3 is 34.6 Å². The summed E-state index contributed by atoms with van der Waals surface area (Å²) in [7, 11) is 3.84. The van der Waals surface area contributed by atoms with Crippen LogP contribution in [0.1, 0.15) is 16.7 Å². The van der Waals surface area contributed by atoms with Gasteiger partial charge in [-0.1, -0.05) is 47.2 Å². The molecule has 17 nitrogen and oxygen atoms in total. The van der Waals surface area contributed by atoms with Crippen LogP contribution in [0.4, 0.5) is 17.1 Å². The number of aryl methyl sites for hydroxylation is 5. The van der Waals surface area contributed by atoms with E-state index in [4.69, 9.17) is 0 Å². The first-order chi connectivity index (χ1) is 35.7. The Morgan fingerprint density at radius 3 is 2.04 bits per heavy atom. The number of hydrogen-bond acceptors (Lipinski definition) is 15. The number of anilines is 2. The van der Waals surface area contributed by atoms with Gasteiger partial charge in [-0.3, -0.25) is 40.3 Å². The molecule has 78 heavy (non-hydrogen) atoms. The van der Waals surface area contributed by atoms with Crippen molar-refractivity contribution >= 4 is 46.0 Å². The summed E-state index contributed by atoms with van der Waals surface area (Å²) < 4.78 is 11.4. The Morgan fingerprint density at radius 1 is 0.692 bits per heavy atom. The minimum Gasteiger partial charge on any atom is -0.509 e. The summed E-state index contributed by atoms with van der Waals surface area (Å²) in [6.07, 6.45) is 27.4. The van der Waals surface area contributed by atoms with Crippen molar-refractivity contribution in [3.8, 4) is 45.7 Å². The summed E-state index contributed by atoms with van der Waals surface area (Å²) in [6, 6.07) is 35.6. The molecule has 0 aliphatic carbocycles. The van der Waals surface area contributed by atoms with Crippen LogP contribution in [-0.2, 0) is 119 Å². The molecule has 1 aliphatic heterocycles. The molecule has 24 heteroatoms. The van der Waals surface area contributed by atoms with Crippen LogP contribution in [0.2, 0.25) is 0 Å². The summed E-state index contributed by atoms with van der Waals surface area (Å²) >= 11 is 2.97. The van der Waals surface area contributed by atoms with E-state index < -0.39 is 0 Å². The molecule has 409 valence electrons. The third kappa shape index (κ3) is 18.3. The van der Waals surface area contributed by atoms with Gasteiger partial charge in [-0.2, -0.15) is 26.0 Å². The van der Waals surface area contributed by atoms with Gasteiger partial charge in [0.1, 0.15) is 12.7 Å². The number of thiophene rings is 1. The standard InChI is InChI=1S/C18H17N2.C14H9N3OS.C9H8N3.C7H5N4.C6H5N4S.5Ir/c1-13-11-14(2)17(15(3)12-13)20-10-9-19-18(20)16-7-5-4-6-8-16;18-10-15-12-1-3-13(4-2-12)16-6-7-17(11-16)14-5-8-19-9-14;1-12-6-5-11-9(12)8-3-2-4-10-7-8;1-3-10-11(5-1)7-2-4-8-6-9-7;1-10-4-7-9-6(10)5-2-8-11-3-5;;;;;/h4-7,9-12H,1-3H3;1-4,6-9,11H;2,4-7H,1H3;1,3-6H;3-4H,1H3;;;;;/q-1;-2;3*-1;;;;;. The fourth-order valence-electron chi connectivity index (χ4n) is 7.19. The molecule has 0 saturated carbocycles. The third-order valence-electron chi connectivity index (χ3n) is 10.4. The van der Waals surface area contributed by atoms with Crippen molar-refractivity contribution in [2.24, 2.45) is 19.1 Å². The van der Waals surface area contributed by atoms with Crippen molar-refractivity contribution in [2.45, 2.75) is 20.8 Å². The van der Waals surface area contributed by atoms with Crippen LogP contribution >= 0.6 is 22.9 Å². The van der Waals surface area contributed by atoms with E-state index in [1.165, 1.54) is 46.3 Å². The van der Waals surface area contributed by atoms with E-state index in [2.05, 4.69) is 118 Å². The Labute approximate surface area is 528 Å². The van der Waals surface area contributed by atoms with Gasteiger partial charge in [0.15, 0.2) is 0 Å². The van der Waals surface area contributed by atoms with Crippen LogP contribution < -0.4 is 9.80 Å². The van der Waals surface area contributed by atoms with Crippen molar-refractivity contribution in [1.82, 2.24) is 63.0 Å². The van der Waals surface area contributed by atoms with Gasteiger partial charge in [-0.25, -0.2) is 10.9 Å². The molecule has 9 heterocycles. The number of aliphatic imine (C=N–C) groups is 1. The normalized spacial score (nSPS) is 10.5. The van der Waals surface area contributed by atoms with Crippen molar-refractivity contribution in [3.63, 3.8) is 0 Å². The summed E-state index contributed by atoms with van der Waals surface area (Å²) in [6.45, 7) is 8.39. The molecule has 0 atom stereocenters. The zero-order chi connectivity index (χ0) is 50.8.